The lowest BCUT2D eigenvalue weighted by Gasteiger charge is -2.22. The average molecular weight is 382 g/mol. The van der Waals surface area contributed by atoms with E-state index in [0.717, 1.165) is 32.0 Å². The van der Waals surface area contributed by atoms with Gasteiger partial charge in [-0.1, -0.05) is 6.92 Å². The molecule has 27 heavy (non-hydrogen) atoms. The fraction of sp³-hybridized carbons (Fsp3) is 0.562. The smallest absolute Gasteiger partial charge is 0.330 e. The number of likely N-dealkylation sites (N-methyl/N-ethyl adjacent to an activating group) is 1. The van der Waals surface area contributed by atoms with Gasteiger partial charge in [-0.3, -0.25) is 29.9 Å². The van der Waals surface area contributed by atoms with Crippen LogP contribution in [-0.2, 0) is 0 Å². The zero-order valence-electron chi connectivity index (χ0n) is 15.4. The quantitative estimate of drug-likeness (QED) is 0.530. The molecule has 11 heteroatoms. The number of nitrogens with zero attached hydrogens (tertiary/aromatic N) is 3. The Morgan fingerprint density at radius 1 is 1.22 bits per heavy atom. The summed E-state index contributed by atoms with van der Waals surface area (Å²) >= 11 is 0. The van der Waals surface area contributed by atoms with Crippen molar-refractivity contribution >= 4 is 17.3 Å². The number of methoxy groups -OCH3 is 2. The summed E-state index contributed by atoms with van der Waals surface area (Å²) in [6, 6.07) is 1.12. The Morgan fingerprint density at radius 2 is 1.78 bits per heavy atom. The summed E-state index contributed by atoms with van der Waals surface area (Å²) in [5, 5.41) is 25.6. The third kappa shape index (κ3) is 4.08. The van der Waals surface area contributed by atoms with Crippen LogP contribution in [0.2, 0.25) is 0 Å². The number of carbonyl (C=O) groups is 1. The number of hydrogen-bond donors (Lipinski definition) is 1. The summed E-state index contributed by atoms with van der Waals surface area (Å²) in [4.78, 5) is 36.2. The van der Waals surface area contributed by atoms with Crippen molar-refractivity contribution in [2.45, 2.75) is 25.8 Å². The first-order valence-corrected chi connectivity index (χ1v) is 8.45. The van der Waals surface area contributed by atoms with Crippen LogP contribution in [-0.4, -0.2) is 60.5 Å². The number of rotatable bonds is 8. The molecule has 1 amide bonds. The molecule has 0 bridgehead atoms. The minimum atomic E-state index is -0.909. The van der Waals surface area contributed by atoms with Crippen LogP contribution in [0, 0.1) is 20.2 Å². The number of likely N-dealkylation sites (tertiary alicyclic amines) is 1. The molecule has 1 aromatic carbocycles. The zero-order chi connectivity index (χ0) is 20.1. The number of hydrogen-bond acceptors (Lipinski definition) is 8. The summed E-state index contributed by atoms with van der Waals surface area (Å²) in [7, 11) is 2.35. The number of nitro benzene ring substituents is 2. The van der Waals surface area contributed by atoms with E-state index in [4.69, 9.17) is 9.47 Å². The van der Waals surface area contributed by atoms with Crippen molar-refractivity contribution in [1.29, 1.82) is 0 Å². The highest BCUT2D eigenvalue weighted by molar-refractivity contribution is 6.04. The minimum absolute atomic E-state index is 0.0876. The van der Waals surface area contributed by atoms with Gasteiger partial charge in [0.1, 0.15) is 0 Å². The van der Waals surface area contributed by atoms with Crippen LogP contribution >= 0.6 is 0 Å². The van der Waals surface area contributed by atoms with Crippen molar-refractivity contribution in [2.75, 3.05) is 33.9 Å². The van der Waals surface area contributed by atoms with E-state index < -0.39 is 32.7 Å². The zero-order valence-corrected chi connectivity index (χ0v) is 15.4. The van der Waals surface area contributed by atoms with Crippen LogP contribution in [0.3, 0.4) is 0 Å². The van der Waals surface area contributed by atoms with Crippen LogP contribution < -0.4 is 14.8 Å². The Bertz CT molecular complexity index is 713. The second-order valence-corrected chi connectivity index (χ2v) is 6.00. The monoisotopic (exact) mass is 382 g/mol. The Labute approximate surface area is 155 Å². The van der Waals surface area contributed by atoms with Gasteiger partial charge in [0.05, 0.1) is 24.1 Å². The molecule has 1 aromatic rings. The molecule has 1 unspecified atom stereocenters. The third-order valence-corrected chi connectivity index (χ3v) is 4.64. The molecule has 148 valence electrons. The van der Waals surface area contributed by atoms with Gasteiger partial charge < -0.3 is 14.8 Å². The first-order valence-electron chi connectivity index (χ1n) is 8.45. The highest BCUT2D eigenvalue weighted by Crippen LogP contribution is 2.43. The highest BCUT2D eigenvalue weighted by Gasteiger charge is 2.39. The van der Waals surface area contributed by atoms with Crippen LogP contribution in [0.4, 0.5) is 11.4 Å². The highest BCUT2D eigenvalue weighted by atomic mass is 16.6. The normalized spacial score (nSPS) is 16.8. The molecule has 1 fully saturated rings. The average Bonchev–Trinajstić information content (AvgIpc) is 3.11. The van der Waals surface area contributed by atoms with Crippen LogP contribution in [0.5, 0.6) is 11.5 Å². The van der Waals surface area contributed by atoms with E-state index in [-0.39, 0.29) is 24.1 Å². The maximum atomic E-state index is 12.7. The first kappa shape index (κ1) is 20.4. The molecular weight excluding hydrogens is 360 g/mol. The molecule has 1 saturated heterocycles. The molecule has 11 nitrogen and oxygen atoms in total. The van der Waals surface area contributed by atoms with Gasteiger partial charge in [-0.05, 0) is 25.9 Å². The lowest BCUT2D eigenvalue weighted by molar-refractivity contribution is -0.395. The van der Waals surface area contributed by atoms with E-state index >= 15 is 0 Å². The fourth-order valence-corrected chi connectivity index (χ4v) is 3.34. The van der Waals surface area contributed by atoms with E-state index in [1.165, 1.54) is 14.2 Å². The molecule has 0 aliphatic carbocycles. The third-order valence-electron chi connectivity index (χ3n) is 4.64. The predicted molar refractivity (Wildman–Crippen MR) is 95.5 cm³/mol. The van der Waals surface area contributed by atoms with E-state index in [1.807, 2.05) is 6.92 Å². The number of nitro groups is 2. The second kappa shape index (κ2) is 8.62. The molecule has 1 atom stereocenters. The SMILES string of the molecule is CCN1CCCC1CNC(=O)c1c([N+](=O)[O-])c(OC)cc(OC)c1[N+](=O)[O-]. The molecule has 0 spiro atoms. The fourth-order valence-electron chi connectivity index (χ4n) is 3.34. The molecule has 1 N–H and O–H groups in total. The second-order valence-electron chi connectivity index (χ2n) is 6.00. The standard InChI is InChI=1S/C16H22N4O7/c1-4-18-7-5-6-10(18)9-17-16(21)13-14(19(22)23)11(26-2)8-12(27-3)15(13)20(24)25/h8,10H,4-7,9H2,1-3H3,(H,17,21). The lowest BCUT2D eigenvalue weighted by atomic mass is 10.1. The van der Waals surface area contributed by atoms with E-state index in [2.05, 4.69) is 10.2 Å². The Morgan fingerprint density at radius 3 is 2.22 bits per heavy atom. The van der Waals surface area contributed by atoms with Crippen molar-refractivity contribution in [3.63, 3.8) is 0 Å². The van der Waals surface area contributed by atoms with Gasteiger partial charge in [-0.15, -0.1) is 0 Å². The van der Waals surface area contributed by atoms with E-state index in [9.17, 15) is 25.0 Å². The van der Waals surface area contributed by atoms with Gasteiger partial charge in [-0.2, -0.15) is 0 Å². The first-order chi connectivity index (χ1) is 12.8. The Balaban J connectivity index is 2.46. The molecule has 0 saturated carbocycles. The summed E-state index contributed by atoms with van der Waals surface area (Å²) in [5.41, 5.74) is -2.20. The Kier molecular flexibility index (Phi) is 6.50. The summed E-state index contributed by atoms with van der Waals surface area (Å²) in [6.45, 7) is 3.96. The van der Waals surface area contributed by atoms with Crippen molar-refractivity contribution in [3.8, 4) is 11.5 Å². The molecule has 1 aliphatic heterocycles. The number of carbonyl (C=O) groups excluding carboxylic acids is 1. The van der Waals surface area contributed by atoms with Crippen LogP contribution in [0.1, 0.15) is 30.1 Å². The molecule has 0 radical (unpaired) electrons. The maximum absolute atomic E-state index is 12.7. The van der Waals surface area contributed by atoms with Crippen molar-refractivity contribution in [2.24, 2.45) is 0 Å². The van der Waals surface area contributed by atoms with Gasteiger partial charge in [0.2, 0.25) is 17.1 Å². The van der Waals surface area contributed by atoms with Crippen LogP contribution in [0.25, 0.3) is 0 Å². The topological polar surface area (TPSA) is 137 Å². The van der Waals surface area contributed by atoms with Gasteiger partial charge in [0.15, 0.2) is 0 Å². The summed E-state index contributed by atoms with van der Waals surface area (Å²) in [6.07, 6.45) is 1.86. The van der Waals surface area contributed by atoms with E-state index in [0.29, 0.717) is 0 Å². The molecule has 0 aromatic heterocycles. The number of benzene rings is 1. The number of ether oxygens (including phenoxy) is 2. The predicted octanol–water partition coefficient (Wildman–Crippen LogP) is 1.73. The summed E-state index contributed by atoms with van der Waals surface area (Å²) < 4.78 is 9.91. The van der Waals surface area contributed by atoms with Gasteiger partial charge in [-0.25, -0.2) is 0 Å². The van der Waals surface area contributed by atoms with Gasteiger partial charge in [0, 0.05) is 18.7 Å². The maximum Gasteiger partial charge on any atom is 0.330 e. The van der Waals surface area contributed by atoms with Crippen molar-refractivity contribution in [1.82, 2.24) is 10.2 Å². The molecule has 1 heterocycles. The summed E-state index contributed by atoms with van der Waals surface area (Å²) in [5.74, 6) is -1.49. The number of amides is 1. The van der Waals surface area contributed by atoms with Crippen molar-refractivity contribution in [3.05, 3.63) is 31.9 Å². The van der Waals surface area contributed by atoms with Gasteiger partial charge in [0.25, 0.3) is 5.91 Å². The molecule has 1 aliphatic rings. The minimum Gasteiger partial charge on any atom is -0.490 e. The van der Waals surface area contributed by atoms with Crippen LogP contribution in [0.15, 0.2) is 6.07 Å². The Hall–Kier alpha value is -2.95. The molecule has 2 rings (SSSR count). The van der Waals surface area contributed by atoms with E-state index in [1.54, 1.807) is 0 Å². The number of nitrogens with one attached hydrogen (secondary N) is 1. The van der Waals surface area contributed by atoms with Gasteiger partial charge >= 0.3 is 11.4 Å². The largest absolute Gasteiger partial charge is 0.490 e. The van der Waals surface area contributed by atoms with Crippen molar-refractivity contribution < 1.29 is 24.1 Å². The lowest BCUT2D eigenvalue weighted by Crippen LogP contribution is -2.40. The molecular formula is C16H22N4O7.